The van der Waals surface area contributed by atoms with Gasteiger partial charge in [-0.15, -0.1) is 0 Å². The van der Waals surface area contributed by atoms with Crippen LogP contribution >= 0.6 is 23.2 Å². The standard InChI is InChI=1S/C35H31Cl2N5O4S/c36-26-11-16-30(31(37)19-26)32-21-41(27-12-14-28(15-13-27)42-22-34(43)40-47(42,44)45)33(39-32)18-23-6-8-24(9-7-23)25-10-17-35(38-20-25)46-29-4-2-1-3-5-29/h6-17,19-21,29H,1-5,18,22H2,(H,40,43). The maximum atomic E-state index is 12.4. The zero-order valence-electron chi connectivity index (χ0n) is 25.3. The Kier molecular flexibility index (Phi) is 8.65. The number of ether oxygens (including phenoxy) is 1. The van der Waals surface area contributed by atoms with Gasteiger partial charge in [0.05, 0.1) is 16.4 Å². The third-order valence-electron chi connectivity index (χ3n) is 8.45. The molecule has 1 aliphatic heterocycles. The lowest BCUT2D eigenvalue weighted by atomic mass is 9.98. The molecule has 47 heavy (non-hydrogen) atoms. The first-order chi connectivity index (χ1) is 22.7. The van der Waals surface area contributed by atoms with Crippen molar-refractivity contribution in [2.24, 2.45) is 0 Å². The first kappa shape index (κ1) is 31.2. The molecule has 0 spiro atoms. The first-order valence-electron chi connectivity index (χ1n) is 15.4. The van der Waals surface area contributed by atoms with Gasteiger partial charge in [0.25, 0.3) is 5.91 Å². The van der Waals surface area contributed by atoms with Gasteiger partial charge >= 0.3 is 10.2 Å². The molecular weight excluding hydrogens is 657 g/mol. The number of nitrogens with zero attached hydrogens (tertiary/aromatic N) is 4. The minimum Gasteiger partial charge on any atom is -0.474 e. The highest BCUT2D eigenvalue weighted by Crippen LogP contribution is 2.32. The van der Waals surface area contributed by atoms with Gasteiger partial charge < -0.3 is 9.30 Å². The van der Waals surface area contributed by atoms with E-state index in [0.717, 1.165) is 50.9 Å². The summed E-state index contributed by atoms with van der Waals surface area (Å²) in [7, 11) is -3.91. The summed E-state index contributed by atoms with van der Waals surface area (Å²) in [5.41, 5.74) is 5.65. The number of hydrogen-bond acceptors (Lipinski definition) is 6. The molecule has 7 rings (SSSR count). The number of hydrogen-bond donors (Lipinski definition) is 1. The molecule has 2 fully saturated rings. The number of nitrogens with one attached hydrogen (secondary N) is 1. The number of aromatic nitrogens is 3. The Morgan fingerprint density at radius 3 is 2.26 bits per heavy atom. The molecule has 5 aromatic rings. The van der Waals surface area contributed by atoms with Crippen LogP contribution < -0.4 is 13.8 Å². The number of carbonyl (C=O) groups is 1. The number of anilines is 1. The highest BCUT2D eigenvalue weighted by molar-refractivity contribution is 7.92. The van der Waals surface area contributed by atoms with Crippen molar-refractivity contribution in [3.8, 4) is 34.0 Å². The van der Waals surface area contributed by atoms with Crippen molar-refractivity contribution in [1.82, 2.24) is 19.3 Å². The Morgan fingerprint density at radius 2 is 1.60 bits per heavy atom. The summed E-state index contributed by atoms with van der Waals surface area (Å²) in [6.45, 7) is -0.262. The van der Waals surface area contributed by atoms with Crippen LogP contribution in [0.1, 0.15) is 43.5 Å². The Hall–Kier alpha value is -4.38. The van der Waals surface area contributed by atoms with E-state index in [2.05, 4.69) is 29.2 Å². The largest absolute Gasteiger partial charge is 0.474 e. The average Bonchev–Trinajstić information content (AvgIpc) is 3.60. The maximum absolute atomic E-state index is 12.4. The minimum atomic E-state index is -3.91. The van der Waals surface area contributed by atoms with Crippen LogP contribution in [0, 0.1) is 0 Å². The van der Waals surface area contributed by atoms with Crippen LogP contribution in [0.4, 0.5) is 5.69 Å². The lowest BCUT2D eigenvalue weighted by Crippen LogP contribution is -2.29. The van der Waals surface area contributed by atoms with E-state index in [4.69, 9.17) is 32.9 Å². The van der Waals surface area contributed by atoms with Crippen LogP contribution in [0.5, 0.6) is 5.88 Å². The average molecular weight is 689 g/mol. The molecule has 2 aromatic heterocycles. The SMILES string of the molecule is O=C1CN(c2ccc(-n3cc(-c4ccc(Cl)cc4Cl)nc3Cc3ccc(-c4ccc(OC5CCCCC5)nc4)cc3)cc2)S(=O)(=O)N1. The fourth-order valence-corrected chi connectivity index (χ4v) is 7.68. The molecule has 0 radical (unpaired) electrons. The zero-order valence-corrected chi connectivity index (χ0v) is 27.6. The number of rotatable bonds is 8. The number of imidazole rings is 1. The molecular formula is C35H31Cl2N5O4S. The lowest BCUT2D eigenvalue weighted by molar-refractivity contribution is -0.117. The molecule has 1 saturated carbocycles. The first-order valence-corrected chi connectivity index (χ1v) is 17.6. The van der Waals surface area contributed by atoms with Gasteiger partial charge in [0.15, 0.2) is 0 Å². The van der Waals surface area contributed by atoms with Crippen molar-refractivity contribution in [2.45, 2.75) is 44.6 Å². The normalized spacial score (nSPS) is 16.3. The van der Waals surface area contributed by atoms with Crippen molar-refractivity contribution >= 4 is 45.0 Å². The van der Waals surface area contributed by atoms with Gasteiger partial charge in [0.1, 0.15) is 18.5 Å². The smallest absolute Gasteiger partial charge is 0.326 e. The van der Waals surface area contributed by atoms with Gasteiger partial charge in [-0.05, 0) is 85.3 Å². The van der Waals surface area contributed by atoms with Gasteiger partial charge in [0, 0.05) is 46.7 Å². The minimum absolute atomic E-state index is 0.257. The van der Waals surface area contributed by atoms with E-state index in [1.54, 1.807) is 36.4 Å². The number of pyridine rings is 1. The molecule has 1 amide bonds. The lowest BCUT2D eigenvalue weighted by Gasteiger charge is -2.22. The quantitative estimate of drug-likeness (QED) is 0.182. The summed E-state index contributed by atoms with van der Waals surface area (Å²) in [6.07, 6.45) is 10.4. The van der Waals surface area contributed by atoms with E-state index in [1.807, 2.05) is 39.9 Å². The monoisotopic (exact) mass is 687 g/mol. The molecule has 1 saturated heterocycles. The van der Waals surface area contributed by atoms with Gasteiger partial charge in [0.2, 0.25) is 5.88 Å². The van der Waals surface area contributed by atoms with Crippen LogP contribution in [-0.4, -0.2) is 41.5 Å². The van der Waals surface area contributed by atoms with Gasteiger partial charge in [-0.3, -0.25) is 4.79 Å². The molecule has 0 bridgehead atoms. The fourth-order valence-electron chi connectivity index (χ4n) is 6.02. The van der Waals surface area contributed by atoms with E-state index in [1.165, 1.54) is 19.3 Å². The van der Waals surface area contributed by atoms with Gasteiger partial charge in [-0.25, -0.2) is 19.0 Å². The van der Waals surface area contributed by atoms with Crippen molar-refractivity contribution in [3.05, 3.63) is 113 Å². The summed E-state index contributed by atoms with van der Waals surface area (Å²) >= 11 is 12.7. The summed E-state index contributed by atoms with van der Waals surface area (Å²) in [5, 5.41) is 1.01. The molecule has 3 aromatic carbocycles. The number of benzene rings is 3. The van der Waals surface area contributed by atoms with Crippen LogP contribution in [0.2, 0.25) is 10.0 Å². The van der Waals surface area contributed by atoms with E-state index in [9.17, 15) is 13.2 Å². The zero-order chi connectivity index (χ0) is 32.5. The van der Waals surface area contributed by atoms with E-state index >= 15 is 0 Å². The van der Waals surface area contributed by atoms with Crippen molar-refractivity contribution < 1.29 is 17.9 Å². The molecule has 0 atom stereocenters. The molecule has 1 aliphatic carbocycles. The van der Waals surface area contributed by atoms with Crippen LogP contribution in [0.15, 0.2) is 91.3 Å². The summed E-state index contributed by atoms with van der Waals surface area (Å²) < 4.78 is 35.8. The number of amides is 1. The molecule has 3 heterocycles. The Morgan fingerprint density at radius 1 is 0.872 bits per heavy atom. The Bertz CT molecular complexity index is 2030. The van der Waals surface area contributed by atoms with E-state index in [-0.39, 0.29) is 12.6 Å². The molecule has 12 heteroatoms. The topological polar surface area (TPSA) is 106 Å². The highest BCUT2D eigenvalue weighted by Gasteiger charge is 2.34. The van der Waals surface area contributed by atoms with Crippen molar-refractivity contribution in [3.63, 3.8) is 0 Å². The van der Waals surface area contributed by atoms with Crippen molar-refractivity contribution in [1.29, 1.82) is 0 Å². The second-order valence-electron chi connectivity index (χ2n) is 11.7. The van der Waals surface area contributed by atoms with Crippen LogP contribution in [-0.2, 0) is 21.4 Å². The molecule has 240 valence electrons. The maximum Gasteiger partial charge on any atom is 0.326 e. The Labute approximate surface area is 283 Å². The number of carbonyl (C=O) groups excluding carboxylic acids is 1. The second-order valence-corrected chi connectivity index (χ2v) is 14.2. The van der Waals surface area contributed by atoms with Crippen LogP contribution in [0.25, 0.3) is 28.1 Å². The summed E-state index contributed by atoms with van der Waals surface area (Å²) in [5.74, 6) is 0.849. The number of halogens is 2. The van der Waals surface area contributed by atoms with Gasteiger partial charge in [-0.2, -0.15) is 8.42 Å². The van der Waals surface area contributed by atoms with Crippen LogP contribution in [0.3, 0.4) is 0 Å². The summed E-state index contributed by atoms with van der Waals surface area (Å²) in [4.78, 5) is 21.3. The third kappa shape index (κ3) is 6.86. The molecule has 2 aliphatic rings. The molecule has 9 nitrogen and oxygen atoms in total. The predicted molar refractivity (Wildman–Crippen MR) is 183 cm³/mol. The van der Waals surface area contributed by atoms with Gasteiger partial charge in [-0.1, -0.05) is 53.9 Å². The van der Waals surface area contributed by atoms with E-state index < -0.39 is 16.1 Å². The molecule has 0 unspecified atom stereocenters. The van der Waals surface area contributed by atoms with Crippen molar-refractivity contribution in [2.75, 3.05) is 10.8 Å². The summed E-state index contributed by atoms with van der Waals surface area (Å²) in [6, 6.07) is 24.5. The molecule has 1 N–H and O–H groups in total. The highest BCUT2D eigenvalue weighted by atomic mass is 35.5. The predicted octanol–water partition coefficient (Wildman–Crippen LogP) is 7.39. The Balaban J connectivity index is 1.14. The van der Waals surface area contributed by atoms with E-state index in [0.29, 0.717) is 33.7 Å². The second kappa shape index (κ2) is 13.0. The third-order valence-corrected chi connectivity index (χ3v) is 10.4. The fraction of sp³-hybridized carbons (Fsp3) is 0.229.